The Bertz CT molecular complexity index is 572. The van der Waals surface area contributed by atoms with Gasteiger partial charge in [-0.1, -0.05) is 12.1 Å². The van der Waals surface area contributed by atoms with Crippen molar-refractivity contribution >= 4 is 17.5 Å². The molecule has 0 amide bonds. The monoisotopic (exact) mass is 374 g/mol. The van der Waals surface area contributed by atoms with Gasteiger partial charge in [-0.2, -0.15) is 43.9 Å². The van der Waals surface area contributed by atoms with Crippen LogP contribution < -0.4 is 0 Å². The minimum Gasteiger partial charge on any atom is -0.287 e. The average molecular weight is 374 g/mol. The van der Waals surface area contributed by atoms with Crippen LogP contribution in [0.4, 0.5) is 43.9 Å². The standard InChI is InChI=1S/C11H4F10OS/c12-8(13,9(14,15)10(16,17)18)7(22)5-1-3-6(4-2-5)23-11(19,20)21/h1-4H. The van der Waals surface area contributed by atoms with Gasteiger partial charge in [-0.3, -0.25) is 4.79 Å². The first-order valence-electron chi connectivity index (χ1n) is 5.32. The SMILES string of the molecule is O=C(c1ccc(SC(F)(F)F)cc1)C(F)(F)C(F)(F)C(F)(F)F. The molecular formula is C11H4F10OS. The summed E-state index contributed by atoms with van der Waals surface area (Å²) in [6.45, 7) is 0. The van der Waals surface area contributed by atoms with Gasteiger partial charge in [0.15, 0.2) is 0 Å². The molecule has 23 heavy (non-hydrogen) atoms. The van der Waals surface area contributed by atoms with Crippen LogP contribution in [-0.4, -0.2) is 29.3 Å². The van der Waals surface area contributed by atoms with Crippen molar-refractivity contribution < 1.29 is 48.7 Å². The Labute approximate surface area is 125 Å². The molecule has 0 N–H and O–H groups in total. The van der Waals surface area contributed by atoms with Gasteiger partial charge >= 0.3 is 23.5 Å². The molecule has 0 saturated heterocycles. The summed E-state index contributed by atoms with van der Waals surface area (Å²) in [5.41, 5.74) is -6.02. The summed E-state index contributed by atoms with van der Waals surface area (Å²) in [5.74, 6) is -15.6. The van der Waals surface area contributed by atoms with E-state index in [0.717, 1.165) is 0 Å². The van der Waals surface area contributed by atoms with Crippen molar-refractivity contribution in [3.63, 3.8) is 0 Å². The highest BCUT2D eigenvalue weighted by molar-refractivity contribution is 8.00. The Morgan fingerprint density at radius 1 is 0.783 bits per heavy atom. The lowest BCUT2D eigenvalue weighted by atomic mass is 10.00. The van der Waals surface area contributed by atoms with Gasteiger partial charge in [0, 0.05) is 10.5 Å². The molecule has 0 bridgehead atoms. The first-order valence-corrected chi connectivity index (χ1v) is 6.14. The fourth-order valence-corrected chi connectivity index (χ4v) is 1.85. The van der Waals surface area contributed by atoms with E-state index >= 15 is 0 Å². The number of alkyl halides is 10. The number of halogens is 10. The molecule has 130 valence electrons. The number of thioether (sulfide) groups is 1. The molecule has 1 nitrogen and oxygen atoms in total. The summed E-state index contributed by atoms with van der Waals surface area (Å²) >= 11 is -0.688. The molecular weight excluding hydrogens is 370 g/mol. The molecule has 1 aromatic rings. The smallest absolute Gasteiger partial charge is 0.287 e. The second-order valence-corrected chi connectivity index (χ2v) is 5.19. The number of rotatable bonds is 4. The van der Waals surface area contributed by atoms with Crippen molar-refractivity contribution in [3.8, 4) is 0 Å². The summed E-state index contributed by atoms with van der Waals surface area (Å²) in [7, 11) is 0. The van der Waals surface area contributed by atoms with E-state index in [2.05, 4.69) is 0 Å². The van der Waals surface area contributed by atoms with Crippen molar-refractivity contribution in [3.05, 3.63) is 29.8 Å². The van der Waals surface area contributed by atoms with Crippen LogP contribution >= 0.6 is 11.8 Å². The van der Waals surface area contributed by atoms with Gasteiger partial charge in [-0.05, 0) is 23.9 Å². The Morgan fingerprint density at radius 3 is 1.57 bits per heavy atom. The molecule has 0 radical (unpaired) electrons. The van der Waals surface area contributed by atoms with E-state index in [0.29, 0.717) is 24.3 Å². The molecule has 0 spiro atoms. The lowest BCUT2D eigenvalue weighted by Gasteiger charge is -2.27. The lowest BCUT2D eigenvalue weighted by Crippen LogP contribution is -2.56. The van der Waals surface area contributed by atoms with Crippen LogP contribution in [0.3, 0.4) is 0 Å². The highest BCUT2D eigenvalue weighted by atomic mass is 32.2. The predicted molar refractivity (Wildman–Crippen MR) is 58.6 cm³/mol. The highest BCUT2D eigenvalue weighted by Gasteiger charge is 2.76. The van der Waals surface area contributed by atoms with E-state index in [1.54, 1.807) is 0 Å². The Balaban J connectivity index is 3.10. The van der Waals surface area contributed by atoms with Crippen molar-refractivity contribution in [2.45, 2.75) is 28.4 Å². The topological polar surface area (TPSA) is 17.1 Å². The number of ketones is 1. The zero-order valence-corrected chi connectivity index (χ0v) is 11.2. The maximum Gasteiger partial charge on any atom is 0.460 e. The molecule has 0 fully saturated rings. The van der Waals surface area contributed by atoms with Gasteiger partial charge in [0.2, 0.25) is 5.78 Å². The zero-order chi connectivity index (χ0) is 18.3. The summed E-state index contributed by atoms with van der Waals surface area (Å²) in [5, 5.41) is 0. The van der Waals surface area contributed by atoms with E-state index in [1.165, 1.54) is 0 Å². The third kappa shape index (κ3) is 4.09. The summed E-state index contributed by atoms with van der Waals surface area (Å²) < 4.78 is 124. The predicted octanol–water partition coefficient (Wildman–Crippen LogP) is 5.31. The van der Waals surface area contributed by atoms with Crippen LogP contribution in [0, 0.1) is 0 Å². The molecule has 0 saturated carbocycles. The minimum absolute atomic E-state index is 0.302. The van der Waals surface area contributed by atoms with Gasteiger partial charge in [0.25, 0.3) is 0 Å². The van der Waals surface area contributed by atoms with Crippen molar-refractivity contribution in [1.82, 2.24) is 0 Å². The third-order valence-corrected chi connectivity index (χ3v) is 3.12. The molecule has 0 heterocycles. The quantitative estimate of drug-likeness (QED) is 0.404. The fourth-order valence-electron chi connectivity index (χ4n) is 1.31. The Morgan fingerprint density at radius 2 is 1.22 bits per heavy atom. The minimum atomic E-state index is -6.68. The van der Waals surface area contributed by atoms with Crippen LogP contribution in [-0.2, 0) is 0 Å². The van der Waals surface area contributed by atoms with E-state index in [4.69, 9.17) is 0 Å². The first kappa shape index (κ1) is 19.6. The van der Waals surface area contributed by atoms with E-state index in [-0.39, 0.29) is 0 Å². The Hall–Kier alpha value is -1.46. The molecule has 0 aliphatic rings. The number of benzene rings is 1. The second-order valence-electron chi connectivity index (χ2n) is 4.05. The number of hydrogen-bond donors (Lipinski definition) is 0. The summed E-state index contributed by atoms with van der Waals surface area (Å²) in [4.78, 5) is 10.6. The maximum absolute atomic E-state index is 13.1. The summed E-state index contributed by atoms with van der Waals surface area (Å²) in [6, 6.07) is 1.59. The normalized spacial score (nSPS) is 14.0. The molecule has 0 aliphatic carbocycles. The second kappa shape index (κ2) is 5.87. The van der Waals surface area contributed by atoms with Crippen LogP contribution in [0.25, 0.3) is 0 Å². The lowest BCUT2D eigenvalue weighted by molar-refractivity contribution is -0.339. The average Bonchev–Trinajstić information content (AvgIpc) is 2.35. The fraction of sp³-hybridized carbons (Fsp3) is 0.364. The van der Waals surface area contributed by atoms with Gasteiger partial charge < -0.3 is 0 Å². The third-order valence-electron chi connectivity index (χ3n) is 2.39. The van der Waals surface area contributed by atoms with Crippen LogP contribution in [0.1, 0.15) is 10.4 Å². The molecule has 1 aromatic carbocycles. The number of carbonyl (C=O) groups is 1. The van der Waals surface area contributed by atoms with Crippen LogP contribution in [0.15, 0.2) is 29.2 Å². The van der Waals surface area contributed by atoms with E-state index in [9.17, 15) is 48.7 Å². The number of Topliss-reactive ketones (excluding diaryl/α,β-unsaturated/α-hetero) is 1. The van der Waals surface area contributed by atoms with Gasteiger partial charge in [-0.15, -0.1) is 0 Å². The van der Waals surface area contributed by atoms with E-state index in [1.807, 2.05) is 0 Å². The maximum atomic E-state index is 13.1. The number of carbonyl (C=O) groups excluding carboxylic acids is 1. The zero-order valence-electron chi connectivity index (χ0n) is 10.4. The van der Waals surface area contributed by atoms with Gasteiger partial charge in [0.1, 0.15) is 0 Å². The molecule has 1 rings (SSSR count). The molecule has 0 aliphatic heterocycles. The molecule has 0 aromatic heterocycles. The number of hydrogen-bond acceptors (Lipinski definition) is 2. The van der Waals surface area contributed by atoms with Crippen LogP contribution in [0.2, 0.25) is 0 Å². The van der Waals surface area contributed by atoms with Crippen LogP contribution in [0.5, 0.6) is 0 Å². The van der Waals surface area contributed by atoms with Crippen molar-refractivity contribution in [2.75, 3.05) is 0 Å². The van der Waals surface area contributed by atoms with Crippen molar-refractivity contribution in [1.29, 1.82) is 0 Å². The Kier molecular flexibility index (Phi) is 5.00. The first-order chi connectivity index (χ1) is 10.1. The largest absolute Gasteiger partial charge is 0.460 e. The van der Waals surface area contributed by atoms with Crippen molar-refractivity contribution in [2.24, 2.45) is 0 Å². The van der Waals surface area contributed by atoms with E-state index < -0.39 is 51.5 Å². The molecule has 0 unspecified atom stereocenters. The van der Waals surface area contributed by atoms with Gasteiger partial charge in [-0.25, -0.2) is 0 Å². The summed E-state index contributed by atoms with van der Waals surface area (Å²) in [6.07, 6.45) is -6.68. The molecule has 0 atom stereocenters. The highest BCUT2D eigenvalue weighted by Crippen LogP contribution is 2.48. The van der Waals surface area contributed by atoms with Gasteiger partial charge in [0.05, 0.1) is 0 Å². The molecule has 12 heteroatoms.